The topological polar surface area (TPSA) is 159 Å². The highest BCUT2D eigenvalue weighted by molar-refractivity contribution is 5.94. The summed E-state index contributed by atoms with van der Waals surface area (Å²) in [6.07, 6.45) is 1.79. The first-order valence-corrected chi connectivity index (χ1v) is 9.94. The number of nitrogens with one attached hydrogen (secondary N) is 4. The van der Waals surface area contributed by atoms with Gasteiger partial charge in [0, 0.05) is 0 Å². The van der Waals surface area contributed by atoms with Crippen LogP contribution in [-0.4, -0.2) is 61.1 Å². The van der Waals surface area contributed by atoms with Gasteiger partial charge in [0.15, 0.2) is 0 Å². The van der Waals surface area contributed by atoms with Gasteiger partial charge in [0.2, 0.25) is 23.6 Å². The molecule has 0 heterocycles. The van der Waals surface area contributed by atoms with Crippen LogP contribution in [0.15, 0.2) is 0 Å². The van der Waals surface area contributed by atoms with Gasteiger partial charge in [-0.15, -0.1) is 0 Å². The Morgan fingerprint density at radius 2 is 1.31 bits per heavy atom. The van der Waals surface area contributed by atoms with Gasteiger partial charge in [0.1, 0.15) is 24.4 Å². The third-order valence-electron chi connectivity index (χ3n) is 4.90. The van der Waals surface area contributed by atoms with E-state index in [9.17, 15) is 24.0 Å². The van der Waals surface area contributed by atoms with E-state index < -0.39 is 41.8 Å². The maximum Gasteiger partial charge on any atom is 0.243 e. The molecule has 0 saturated carbocycles. The van der Waals surface area contributed by atoms with Crippen LogP contribution < -0.4 is 27.0 Å². The lowest BCUT2D eigenvalue weighted by atomic mass is 9.94. The summed E-state index contributed by atoms with van der Waals surface area (Å²) < 4.78 is 0. The van der Waals surface area contributed by atoms with Crippen LogP contribution in [0.2, 0.25) is 0 Å². The molecule has 0 radical (unpaired) electrons. The molecule has 10 nitrogen and oxygen atoms in total. The molecule has 29 heavy (non-hydrogen) atoms. The second kappa shape index (κ2) is 13.6. The van der Waals surface area contributed by atoms with Crippen molar-refractivity contribution in [2.45, 2.75) is 65.6 Å². The van der Waals surface area contributed by atoms with E-state index in [-0.39, 0.29) is 24.9 Å². The molecule has 0 aromatic carbocycles. The number of carbonyl (C=O) groups is 5. The molecule has 10 heteroatoms. The highest BCUT2D eigenvalue weighted by Gasteiger charge is 2.32. The smallest absolute Gasteiger partial charge is 0.243 e. The summed E-state index contributed by atoms with van der Waals surface area (Å²) >= 11 is 0. The van der Waals surface area contributed by atoms with Crippen LogP contribution in [0.4, 0.5) is 0 Å². The average Bonchev–Trinajstić information content (AvgIpc) is 2.71. The summed E-state index contributed by atoms with van der Waals surface area (Å²) in [6, 6.07) is -2.60. The molecule has 0 aliphatic heterocycles. The summed E-state index contributed by atoms with van der Waals surface area (Å²) in [7, 11) is 0. The average molecular weight is 414 g/mol. The molecule has 0 fully saturated rings. The molecule has 0 unspecified atom stereocenters. The molecule has 0 aliphatic rings. The van der Waals surface area contributed by atoms with Gasteiger partial charge in [-0.1, -0.05) is 40.5 Å². The van der Waals surface area contributed by atoms with Gasteiger partial charge < -0.3 is 31.8 Å². The van der Waals surface area contributed by atoms with Crippen LogP contribution in [0.1, 0.15) is 47.5 Å². The molecule has 0 aromatic heterocycles. The van der Waals surface area contributed by atoms with Crippen LogP contribution >= 0.6 is 0 Å². The van der Waals surface area contributed by atoms with Crippen LogP contribution in [-0.2, 0) is 24.0 Å². The fourth-order valence-electron chi connectivity index (χ4n) is 2.54. The SMILES string of the molecule is CC[C@H](C)[C@H](NC(=O)[C@H](C)NC(=O)CN)C(=O)N[C@H](C(=O)NCC=O)[C@@H](C)CC. The lowest BCUT2D eigenvalue weighted by Gasteiger charge is -2.29. The summed E-state index contributed by atoms with van der Waals surface area (Å²) in [4.78, 5) is 59.6. The Balaban J connectivity index is 5.34. The minimum absolute atomic E-state index is 0.147. The van der Waals surface area contributed by atoms with Crippen molar-refractivity contribution in [3.05, 3.63) is 0 Å². The molecule has 0 rings (SSSR count). The number of hydrogen-bond acceptors (Lipinski definition) is 6. The number of rotatable bonds is 13. The second-order valence-corrected chi connectivity index (χ2v) is 7.15. The van der Waals surface area contributed by atoms with Gasteiger partial charge in [-0.25, -0.2) is 0 Å². The van der Waals surface area contributed by atoms with Crippen LogP contribution in [0, 0.1) is 11.8 Å². The summed E-state index contributed by atoms with van der Waals surface area (Å²) in [5.41, 5.74) is 5.23. The summed E-state index contributed by atoms with van der Waals surface area (Å²) in [5, 5.41) is 10.2. The number of amides is 4. The lowest BCUT2D eigenvalue weighted by Crippen LogP contribution is -2.59. The molecule has 166 valence electrons. The predicted molar refractivity (Wildman–Crippen MR) is 109 cm³/mol. The monoisotopic (exact) mass is 413 g/mol. The largest absolute Gasteiger partial charge is 0.348 e. The van der Waals surface area contributed by atoms with Gasteiger partial charge in [-0.05, 0) is 18.8 Å². The van der Waals surface area contributed by atoms with Gasteiger partial charge in [-0.3, -0.25) is 19.2 Å². The maximum absolute atomic E-state index is 12.9. The van der Waals surface area contributed by atoms with Gasteiger partial charge in [0.05, 0.1) is 13.1 Å². The lowest BCUT2D eigenvalue weighted by molar-refractivity contribution is -0.135. The van der Waals surface area contributed by atoms with E-state index in [1.807, 2.05) is 20.8 Å². The molecule has 6 N–H and O–H groups in total. The van der Waals surface area contributed by atoms with E-state index in [0.717, 1.165) is 0 Å². The number of aldehydes is 1. The Bertz CT molecular complexity index is 583. The Labute approximate surface area is 172 Å². The third kappa shape index (κ3) is 9.03. The molecule has 4 amide bonds. The van der Waals surface area contributed by atoms with Gasteiger partial charge in [-0.2, -0.15) is 0 Å². The molecule has 5 atom stereocenters. The molecule has 0 spiro atoms. The van der Waals surface area contributed by atoms with E-state index in [1.54, 1.807) is 6.92 Å². The highest BCUT2D eigenvalue weighted by atomic mass is 16.2. The van der Waals surface area contributed by atoms with E-state index in [1.165, 1.54) is 6.92 Å². The second-order valence-electron chi connectivity index (χ2n) is 7.15. The van der Waals surface area contributed by atoms with Crippen LogP contribution in [0.25, 0.3) is 0 Å². The maximum atomic E-state index is 12.9. The van der Waals surface area contributed by atoms with Crippen molar-refractivity contribution in [3.63, 3.8) is 0 Å². The quantitative estimate of drug-likeness (QED) is 0.239. The van der Waals surface area contributed by atoms with Crippen molar-refractivity contribution in [2.24, 2.45) is 17.6 Å². The first kappa shape index (κ1) is 26.5. The number of carbonyl (C=O) groups excluding carboxylic acids is 5. The Morgan fingerprint density at radius 1 is 0.828 bits per heavy atom. The predicted octanol–water partition coefficient (Wildman–Crippen LogP) is -1.17. The zero-order valence-electron chi connectivity index (χ0n) is 17.9. The van der Waals surface area contributed by atoms with Crippen molar-refractivity contribution in [1.29, 1.82) is 0 Å². The minimum Gasteiger partial charge on any atom is -0.348 e. The zero-order valence-corrected chi connectivity index (χ0v) is 17.9. The van der Waals surface area contributed by atoms with Gasteiger partial charge >= 0.3 is 0 Å². The van der Waals surface area contributed by atoms with Crippen molar-refractivity contribution < 1.29 is 24.0 Å². The Kier molecular flexibility index (Phi) is 12.5. The Morgan fingerprint density at radius 3 is 1.76 bits per heavy atom. The van der Waals surface area contributed by atoms with E-state index in [0.29, 0.717) is 19.1 Å². The zero-order chi connectivity index (χ0) is 22.6. The normalized spacial score (nSPS) is 15.8. The van der Waals surface area contributed by atoms with Crippen molar-refractivity contribution in [1.82, 2.24) is 21.3 Å². The third-order valence-corrected chi connectivity index (χ3v) is 4.90. The summed E-state index contributed by atoms with van der Waals surface area (Å²) in [6.45, 7) is 8.46. The molecule has 0 aliphatic carbocycles. The fraction of sp³-hybridized carbons (Fsp3) is 0.737. The van der Waals surface area contributed by atoms with Crippen LogP contribution in [0.3, 0.4) is 0 Å². The van der Waals surface area contributed by atoms with E-state index >= 15 is 0 Å². The standard InChI is InChI=1S/C19H35N5O5/c1-6-11(3)15(18(28)21-8-9-25)24-19(29)16(12(4)7-2)23-17(27)13(5)22-14(26)10-20/h9,11-13,15-16H,6-8,10,20H2,1-5H3,(H,21,28)(H,22,26)(H,23,27)(H,24,29)/t11-,12-,13-,15-,16-/m0/s1. The molecular weight excluding hydrogens is 378 g/mol. The highest BCUT2D eigenvalue weighted by Crippen LogP contribution is 2.12. The molecule has 0 saturated heterocycles. The first-order valence-electron chi connectivity index (χ1n) is 9.94. The van der Waals surface area contributed by atoms with Crippen molar-refractivity contribution >= 4 is 29.9 Å². The molecule has 0 bridgehead atoms. The fourth-order valence-corrected chi connectivity index (χ4v) is 2.54. The van der Waals surface area contributed by atoms with Gasteiger partial charge in [0.25, 0.3) is 0 Å². The van der Waals surface area contributed by atoms with Crippen molar-refractivity contribution in [3.8, 4) is 0 Å². The number of hydrogen-bond donors (Lipinski definition) is 5. The van der Waals surface area contributed by atoms with E-state index in [4.69, 9.17) is 5.73 Å². The first-order chi connectivity index (χ1) is 13.6. The summed E-state index contributed by atoms with van der Waals surface area (Å²) in [5.74, 6) is -2.37. The van der Waals surface area contributed by atoms with E-state index in [2.05, 4.69) is 21.3 Å². The Hall–Kier alpha value is -2.49. The molecule has 0 aromatic rings. The number of nitrogens with two attached hydrogens (primary N) is 1. The van der Waals surface area contributed by atoms with Crippen molar-refractivity contribution in [2.75, 3.05) is 13.1 Å². The molecular formula is C19H35N5O5. The minimum atomic E-state index is -0.893. The van der Waals surface area contributed by atoms with Crippen LogP contribution in [0.5, 0.6) is 0 Å².